The van der Waals surface area contributed by atoms with Gasteiger partial charge in [0.25, 0.3) is 5.91 Å². The molecule has 1 amide bonds. The number of rotatable bonds is 7. The molecule has 164 valence electrons. The molecule has 3 heterocycles. The first-order valence-corrected chi connectivity index (χ1v) is 11.7. The van der Waals surface area contributed by atoms with E-state index in [1.165, 1.54) is 35.3 Å². The maximum Gasteiger partial charge on any atom is 0.350 e. The molecule has 8 heteroatoms. The van der Waals surface area contributed by atoms with Crippen molar-refractivity contribution in [1.82, 2.24) is 9.88 Å². The van der Waals surface area contributed by atoms with E-state index in [1.54, 1.807) is 6.07 Å². The number of nitrogens with zero attached hydrogens (tertiary/aromatic N) is 2. The van der Waals surface area contributed by atoms with Gasteiger partial charge < -0.3 is 10.1 Å². The summed E-state index contributed by atoms with van der Waals surface area (Å²) in [5, 5.41) is 3.63. The van der Waals surface area contributed by atoms with Gasteiger partial charge in [0.2, 0.25) is 0 Å². The number of carbonyl (C=O) groups excluding carboxylic acids is 2. The second kappa shape index (κ2) is 9.60. The third-order valence-electron chi connectivity index (χ3n) is 4.91. The van der Waals surface area contributed by atoms with Crippen LogP contribution in [0.25, 0.3) is 10.2 Å². The van der Waals surface area contributed by atoms with Crippen molar-refractivity contribution in [2.24, 2.45) is 0 Å². The van der Waals surface area contributed by atoms with Crippen LogP contribution >= 0.6 is 22.7 Å². The minimum atomic E-state index is -0.492. The fraction of sp³-hybridized carbons (Fsp3) is 0.208. The Bertz CT molecular complexity index is 1260. The molecular weight excluding hydrogens is 442 g/mol. The number of nitrogens with one attached hydrogen (secondary N) is 1. The lowest BCUT2D eigenvalue weighted by molar-refractivity contribution is 0.0607. The Hall–Kier alpha value is -3.07. The van der Waals surface area contributed by atoms with E-state index < -0.39 is 5.97 Å². The number of hydrogen-bond donors (Lipinski definition) is 1. The molecule has 0 bridgehead atoms. The van der Waals surface area contributed by atoms with E-state index in [0.717, 1.165) is 22.5 Å². The molecule has 0 unspecified atom stereocenters. The summed E-state index contributed by atoms with van der Waals surface area (Å²) in [5.41, 5.74) is 2.57. The lowest BCUT2D eigenvalue weighted by atomic mass is 10.2. The topological polar surface area (TPSA) is 71.5 Å². The van der Waals surface area contributed by atoms with Gasteiger partial charge in [-0.2, -0.15) is 0 Å². The second-order valence-corrected chi connectivity index (χ2v) is 9.76. The number of benzene rings is 1. The number of aryl methyl sites for hydroxylation is 1. The van der Waals surface area contributed by atoms with Crippen molar-refractivity contribution in [3.63, 3.8) is 0 Å². The summed E-state index contributed by atoms with van der Waals surface area (Å²) >= 11 is 2.64. The summed E-state index contributed by atoms with van der Waals surface area (Å²) in [5.74, 6) is -0.743. The summed E-state index contributed by atoms with van der Waals surface area (Å²) < 4.78 is 4.95. The predicted molar refractivity (Wildman–Crippen MR) is 130 cm³/mol. The van der Waals surface area contributed by atoms with Gasteiger partial charge in [-0.15, -0.1) is 22.7 Å². The van der Waals surface area contributed by atoms with Gasteiger partial charge in [-0.05, 0) is 43.8 Å². The summed E-state index contributed by atoms with van der Waals surface area (Å²) in [7, 11) is 3.38. The van der Waals surface area contributed by atoms with Crippen LogP contribution in [0, 0.1) is 6.92 Å². The molecule has 4 aromatic rings. The van der Waals surface area contributed by atoms with Crippen LogP contribution in [-0.2, 0) is 17.8 Å². The van der Waals surface area contributed by atoms with Crippen LogP contribution in [0.4, 0.5) is 5.69 Å². The van der Waals surface area contributed by atoms with E-state index >= 15 is 0 Å². The Kier molecular flexibility index (Phi) is 6.64. The Morgan fingerprint density at radius 2 is 1.81 bits per heavy atom. The highest BCUT2D eigenvalue weighted by molar-refractivity contribution is 7.21. The SMILES string of the molecule is COC(=O)c1sc2nc(CN(C)Cc3ccccc3)ccc2c1NC(=O)c1ccc(C)s1. The first-order valence-electron chi connectivity index (χ1n) is 10.1. The molecule has 4 rings (SSSR count). The average molecular weight is 466 g/mol. The van der Waals surface area contributed by atoms with Crippen molar-refractivity contribution in [2.45, 2.75) is 20.0 Å². The van der Waals surface area contributed by atoms with Crippen LogP contribution in [0.5, 0.6) is 0 Å². The molecule has 0 fully saturated rings. The van der Waals surface area contributed by atoms with Crippen molar-refractivity contribution in [3.8, 4) is 0 Å². The fourth-order valence-electron chi connectivity index (χ4n) is 3.42. The smallest absolute Gasteiger partial charge is 0.350 e. The zero-order valence-electron chi connectivity index (χ0n) is 18.0. The quantitative estimate of drug-likeness (QED) is 0.373. The number of esters is 1. The minimum Gasteiger partial charge on any atom is -0.465 e. The molecule has 0 atom stereocenters. The highest BCUT2D eigenvalue weighted by Crippen LogP contribution is 2.36. The van der Waals surface area contributed by atoms with Crippen LogP contribution in [0.2, 0.25) is 0 Å². The first-order chi connectivity index (χ1) is 15.4. The zero-order valence-corrected chi connectivity index (χ0v) is 19.7. The van der Waals surface area contributed by atoms with Gasteiger partial charge in [0.05, 0.1) is 23.4 Å². The number of thiophene rings is 2. The van der Waals surface area contributed by atoms with Crippen LogP contribution in [0.1, 0.15) is 35.5 Å². The van der Waals surface area contributed by atoms with E-state index in [9.17, 15) is 9.59 Å². The van der Waals surface area contributed by atoms with Crippen LogP contribution in [-0.4, -0.2) is 35.9 Å². The molecule has 0 saturated heterocycles. The summed E-state index contributed by atoms with van der Waals surface area (Å²) in [6.45, 7) is 3.41. The molecule has 1 N–H and O–H groups in total. The molecule has 1 aromatic carbocycles. The number of pyridine rings is 1. The maximum absolute atomic E-state index is 12.7. The van der Waals surface area contributed by atoms with Gasteiger partial charge in [-0.1, -0.05) is 30.3 Å². The van der Waals surface area contributed by atoms with Gasteiger partial charge >= 0.3 is 5.97 Å². The second-order valence-electron chi connectivity index (χ2n) is 7.48. The molecule has 6 nitrogen and oxygen atoms in total. The molecule has 3 aromatic heterocycles. The number of fused-ring (bicyclic) bond motifs is 1. The summed E-state index contributed by atoms with van der Waals surface area (Å²) in [6, 6.07) is 17.8. The molecule has 0 radical (unpaired) electrons. The van der Waals surface area contributed by atoms with Gasteiger partial charge in [0.15, 0.2) is 0 Å². The number of aromatic nitrogens is 1. The molecule has 32 heavy (non-hydrogen) atoms. The summed E-state index contributed by atoms with van der Waals surface area (Å²) in [4.78, 5) is 34.7. The van der Waals surface area contributed by atoms with Gasteiger partial charge in [-0.3, -0.25) is 9.69 Å². The molecule has 0 aliphatic carbocycles. The van der Waals surface area contributed by atoms with Crippen molar-refractivity contribution in [1.29, 1.82) is 0 Å². The molecule has 0 saturated carbocycles. The predicted octanol–water partition coefficient (Wildman–Crippen LogP) is 5.34. The Morgan fingerprint density at radius 1 is 1.03 bits per heavy atom. The van der Waals surface area contributed by atoms with Crippen molar-refractivity contribution >= 4 is 50.5 Å². The number of methoxy groups -OCH3 is 1. The average Bonchev–Trinajstić information content (AvgIpc) is 3.37. The first kappa shape index (κ1) is 22.1. The lowest BCUT2D eigenvalue weighted by Crippen LogP contribution is -2.17. The van der Waals surface area contributed by atoms with E-state index in [2.05, 4.69) is 22.3 Å². The van der Waals surface area contributed by atoms with E-state index in [-0.39, 0.29) is 5.91 Å². The number of anilines is 1. The molecule has 0 aliphatic rings. The van der Waals surface area contributed by atoms with Gasteiger partial charge in [0, 0.05) is 23.4 Å². The van der Waals surface area contributed by atoms with Crippen LogP contribution < -0.4 is 5.32 Å². The third-order valence-corrected chi connectivity index (χ3v) is 6.99. The Balaban J connectivity index is 1.60. The Labute approximate surface area is 194 Å². The molecule has 0 spiro atoms. The third kappa shape index (κ3) is 4.88. The lowest BCUT2D eigenvalue weighted by Gasteiger charge is -2.16. The van der Waals surface area contributed by atoms with Gasteiger partial charge in [-0.25, -0.2) is 9.78 Å². The fourth-order valence-corrected chi connectivity index (χ4v) is 5.25. The maximum atomic E-state index is 12.7. The van der Waals surface area contributed by atoms with E-state index in [1.807, 2.05) is 50.4 Å². The number of hydrogen-bond acceptors (Lipinski definition) is 7. The zero-order chi connectivity index (χ0) is 22.7. The van der Waals surface area contributed by atoms with Gasteiger partial charge in [0.1, 0.15) is 9.71 Å². The van der Waals surface area contributed by atoms with Crippen LogP contribution in [0.15, 0.2) is 54.6 Å². The van der Waals surface area contributed by atoms with Crippen molar-refractivity contribution in [3.05, 3.63) is 80.5 Å². The normalized spacial score (nSPS) is 11.1. The van der Waals surface area contributed by atoms with E-state index in [0.29, 0.717) is 26.8 Å². The standard InChI is InChI=1S/C24H23N3O3S2/c1-15-9-12-19(31-15)22(28)26-20-18-11-10-17(25-23(18)32-21(20)24(29)30-3)14-27(2)13-16-7-5-4-6-8-16/h4-12H,13-14H2,1-3H3,(H,26,28). The van der Waals surface area contributed by atoms with Crippen LogP contribution in [0.3, 0.4) is 0 Å². The highest BCUT2D eigenvalue weighted by Gasteiger charge is 2.23. The van der Waals surface area contributed by atoms with Crippen molar-refractivity contribution < 1.29 is 14.3 Å². The number of ether oxygens (including phenoxy) is 1. The monoisotopic (exact) mass is 465 g/mol. The molecule has 0 aliphatic heterocycles. The largest absolute Gasteiger partial charge is 0.465 e. The summed E-state index contributed by atoms with van der Waals surface area (Å²) in [6.07, 6.45) is 0. The highest BCUT2D eigenvalue weighted by atomic mass is 32.1. The Morgan fingerprint density at radius 3 is 2.50 bits per heavy atom. The minimum absolute atomic E-state index is 0.250. The number of carbonyl (C=O) groups is 2. The van der Waals surface area contributed by atoms with Crippen molar-refractivity contribution in [2.75, 3.05) is 19.5 Å². The molecular formula is C24H23N3O3S2. The number of amides is 1. The van der Waals surface area contributed by atoms with E-state index in [4.69, 9.17) is 9.72 Å².